The Hall–Kier alpha value is -2.21. The molecule has 20 heavy (non-hydrogen) atoms. The zero-order valence-electron chi connectivity index (χ0n) is 11.6. The zero-order chi connectivity index (χ0) is 13.8. The Morgan fingerprint density at radius 3 is 2.50 bits per heavy atom. The molecule has 104 valence electrons. The van der Waals surface area contributed by atoms with Crippen molar-refractivity contribution in [2.45, 2.75) is 0 Å². The van der Waals surface area contributed by atoms with Gasteiger partial charge in [-0.2, -0.15) is 0 Å². The van der Waals surface area contributed by atoms with E-state index in [0.29, 0.717) is 0 Å². The van der Waals surface area contributed by atoms with Gasteiger partial charge in [0.2, 0.25) is 0 Å². The van der Waals surface area contributed by atoms with Gasteiger partial charge in [-0.1, -0.05) is 5.11 Å². The molecule has 0 atom stereocenters. The van der Waals surface area contributed by atoms with E-state index < -0.39 is 0 Å². The third-order valence-electron chi connectivity index (χ3n) is 3.44. The molecule has 2 N–H and O–H groups in total. The van der Waals surface area contributed by atoms with Crippen molar-refractivity contribution >= 4 is 17.3 Å². The number of H-pyrrole nitrogens is 1. The first kappa shape index (κ1) is 12.8. The van der Waals surface area contributed by atoms with Crippen molar-refractivity contribution in [1.29, 1.82) is 0 Å². The molecule has 0 spiro atoms. The number of nitrogens with zero attached hydrogens (tertiary/aromatic N) is 4. The van der Waals surface area contributed by atoms with Crippen molar-refractivity contribution in [2.24, 2.45) is 17.3 Å². The maximum absolute atomic E-state index is 4.24. The van der Waals surface area contributed by atoms with E-state index in [9.17, 15) is 0 Å². The molecule has 1 aliphatic heterocycles. The monoisotopic (exact) mass is 271 g/mol. The molecule has 6 nitrogen and oxygen atoms in total. The lowest BCUT2D eigenvalue weighted by molar-refractivity contribution is -0.657. The lowest BCUT2D eigenvalue weighted by atomic mass is 10.2. The fourth-order valence-electron chi connectivity index (χ4n) is 2.25. The SMILES string of the molecule is C[n+]1cc[nH]c1N=Nc1ccc(N2CCNCC2)cc1. The van der Waals surface area contributed by atoms with Crippen LogP contribution in [0.5, 0.6) is 0 Å². The van der Waals surface area contributed by atoms with Gasteiger partial charge in [-0.15, -0.1) is 0 Å². The van der Waals surface area contributed by atoms with Crippen LogP contribution in [0.15, 0.2) is 46.9 Å². The second kappa shape index (κ2) is 5.83. The summed E-state index contributed by atoms with van der Waals surface area (Å²) in [6.45, 7) is 4.20. The smallest absolute Gasteiger partial charge is 0.369 e. The van der Waals surface area contributed by atoms with Crippen LogP contribution in [0, 0.1) is 0 Å². The number of aromatic nitrogens is 2. The number of hydrogen-bond acceptors (Lipinski definition) is 4. The van der Waals surface area contributed by atoms with Gasteiger partial charge in [0.25, 0.3) is 0 Å². The van der Waals surface area contributed by atoms with E-state index in [2.05, 4.69) is 37.6 Å². The van der Waals surface area contributed by atoms with Crippen molar-refractivity contribution in [3.63, 3.8) is 0 Å². The highest BCUT2D eigenvalue weighted by Gasteiger charge is 2.10. The first-order valence-electron chi connectivity index (χ1n) is 6.83. The number of azo groups is 1. The minimum atomic E-state index is 0.733. The van der Waals surface area contributed by atoms with Crippen LogP contribution in [0.4, 0.5) is 17.3 Å². The summed E-state index contributed by atoms with van der Waals surface area (Å²) < 4.78 is 1.89. The highest BCUT2D eigenvalue weighted by atomic mass is 15.2. The first-order valence-corrected chi connectivity index (χ1v) is 6.83. The van der Waals surface area contributed by atoms with Crippen LogP contribution in [0.25, 0.3) is 0 Å². The van der Waals surface area contributed by atoms with Gasteiger partial charge in [-0.3, -0.25) is 0 Å². The number of nitrogens with one attached hydrogen (secondary N) is 2. The molecule has 0 radical (unpaired) electrons. The summed E-state index contributed by atoms with van der Waals surface area (Å²) >= 11 is 0. The summed E-state index contributed by atoms with van der Waals surface area (Å²) in [4.78, 5) is 5.40. The van der Waals surface area contributed by atoms with Crippen molar-refractivity contribution in [1.82, 2.24) is 10.3 Å². The maximum Gasteiger partial charge on any atom is 0.418 e. The predicted octanol–water partition coefficient (Wildman–Crippen LogP) is 1.66. The molecular formula is C14H19N6+. The van der Waals surface area contributed by atoms with E-state index in [4.69, 9.17) is 0 Å². The van der Waals surface area contributed by atoms with Crippen LogP contribution >= 0.6 is 0 Å². The van der Waals surface area contributed by atoms with Gasteiger partial charge in [0.15, 0.2) is 0 Å². The van der Waals surface area contributed by atoms with Gasteiger partial charge in [0.1, 0.15) is 5.69 Å². The quantitative estimate of drug-likeness (QED) is 0.659. The van der Waals surface area contributed by atoms with E-state index >= 15 is 0 Å². The van der Waals surface area contributed by atoms with Gasteiger partial charge in [-0.05, 0) is 24.3 Å². The Morgan fingerprint density at radius 2 is 1.85 bits per heavy atom. The van der Waals surface area contributed by atoms with E-state index in [1.807, 2.05) is 36.1 Å². The molecular weight excluding hydrogens is 252 g/mol. The standard InChI is InChI=1S/C14H18N6/c1-19-9-8-16-14(19)18-17-12-2-4-13(5-3-12)20-10-6-15-7-11-20/h2-5,8-9,15H,6-7,10-11H2,1H3/p+1. The summed E-state index contributed by atoms with van der Waals surface area (Å²) in [5.41, 5.74) is 2.11. The highest BCUT2D eigenvalue weighted by molar-refractivity contribution is 5.53. The fraction of sp³-hybridized carbons (Fsp3) is 0.357. The Bertz CT molecular complexity index is 580. The number of rotatable bonds is 3. The number of aryl methyl sites for hydroxylation is 1. The Balaban J connectivity index is 1.69. The lowest BCUT2D eigenvalue weighted by Gasteiger charge is -2.29. The van der Waals surface area contributed by atoms with E-state index in [0.717, 1.165) is 37.8 Å². The number of aromatic amines is 1. The molecule has 1 aromatic carbocycles. The van der Waals surface area contributed by atoms with Crippen LogP contribution in [0.2, 0.25) is 0 Å². The average Bonchev–Trinajstić information content (AvgIpc) is 2.92. The normalized spacial score (nSPS) is 15.9. The van der Waals surface area contributed by atoms with Gasteiger partial charge in [-0.25, -0.2) is 9.55 Å². The molecule has 1 saturated heterocycles. The molecule has 1 aliphatic rings. The van der Waals surface area contributed by atoms with Gasteiger partial charge in [0.05, 0.1) is 19.4 Å². The number of hydrogen-bond donors (Lipinski definition) is 2. The minimum absolute atomic E-state index is 0.733. The summed E-state index contributed by atoms with van der Waals surface area (Å²) in [5, 5.41) is 11.8. The Labute approximate surface area is 118 Å². The Morgan fingerprint density at radius 1 is 1.10 bits per heavy atom. The molecule has 0 amide bonds. The van der Waals surface area contributed by atoms with E-state index in [-0.39, 0.29) is 0 Å². The summed E-state index contributed by atoms with van der Waals surface area (Å²) in [6.07, 6.45) is 3.74. The summed E-state index contributed by atoms with van der Waals surface area (Å²) in [5.74, 6) is 0.733. The molecule has 2 aromatic rings. The fourth-order valence-corrected chi connectivity index (χ4v) is 2.25. The van der Waals surface area contributed by atoms with Crippen LogP contribution in [-0.2, 0) is 7.05 Å². The van der Waals surface area contributed by atoms with Crippen molar-refractivity contribution in [2.75, 3.05) is 31.1 Å². The zero-order valence-corrected chi connectivity index (χ0v) is 11.6. The third-order valence-corrected chi connectivity index (χ3v) is 3.44. The van der Waals surface area contributed by atoms with Crippen LogP contribution in [0.1, 0.15) is 0 Å². The number of anilines is 1. The molecule has 0 unspecified atom stereocenters. The third kappa shape index (κ3) is 2.85. The molecule has 0 saturated carbocycles. The van der Waals surface area contributed by atoms with Crippen LogP contribution < -0.4 is 14.8 Å². The average molecular weight is 271 g/mol. The van der Waals surface area contributed by atoms with Gasteiger partial charge >= 0.3 is 5.95 Å². The highest BCUT2D eigenvalue weighted by Crippen LogP contribution is 2.21. The summed E-state index contributed by atoms with van der Waals surface area (Å²) in [6, 6.07) is 8.22. The number of piperazine rings is 1. The second-order valence-corrected chi connectivity index (χ2v) is 4.85. The first-order chi connectivity index (χ1) is 9.83. The second-order valence-electron chi connectivity index (χ2n) is 4.85. The van der Waals surface area contributed by atoms with E-state index in [1.54, 1.807) is 0 Å². The van der Waals surface area contributed by atoms with Crippen molar-refractivity contribution < 1.29 is 4.57 Å². The topological polar surface area (TPSA) is 59.7 Å². The molecule has 3 rings (SSSR count). The van der Waals surface area contributed by atoms with Crippen LogP contribution in [-0.4, -0.2) is 31.2 Å². The molecule has 1 aromatic heterocycles. The molecule has 1 fully saturated rings. The van der Waals surface area contributed by atoms with Gasteiger partial charge in [0, 0.05) is 37.0 Å². The minimum Gasteiger partial charge on any atom is -0.369 e. The maximum atomic E-state index is 4.24. The molecule has 6 heteroatoms. The number of imidazole rings is 1. The predicted molar refractivity (Wildman–Crippen MR) is 77.7 cm³/mol. The van der Waals surface area contributed by atoms with Crippen LogP contribution in [0.3, 0.4) is 0 Å². The molecule has 2 heterocycles. The molecule has 0 bridgehead atoms. The summed E-state index contributed by atoms with van der Waals surface area (Å²) in [7, 11) is 1.93. The number of benzene rings is 1. The largest absolute Gasteiger partial charge is 0.418 e. The Kier molecular flexibility index (Phi) is 3.73. The van der Waals surface area contributed by atoms with E-state index in [1.165, 1.54) is 5.69 Å². The van der Waals surface area contributed by atoms with Crippen molar-refractivity contribution in [3.05, 3.63) is 36.7 Å². The van der Waals surface area contributed by atoms with Crippen molar-refractivity contribution in [3.8, 4) is 0 Å². The lowest BCUT2D eigenvalue weighted by Crippen LogP contribution is -2.43. The van der Waals surface area contributed by atoms with Gasteiger partial charge < -0.3 is 10.2 Å². The molecule has 0 aliphatic carbocycles.